The Balaban J connectivity index is 2.22. The molecule has 0 unspecified atom stereocenters. The Hall–Kier alpha value is -1.71. The van der Waals surface area contributed by atoms with Crippen LogP contribution in [0.25, 0.3) is 5.69 Å². The van der Waals surface area contributed by atoms with Crippen molar-refractivity contribution in [2.75, 3.05) is 0 Å². The van der Waals surface area contributed by atoms with Crippen molar-refractivity contribution in [1.82, 2.24) is 9.78 Å². The number of hydrogen-bond donors (Lipinski definition) is 0. The first-order valence-electron chi connectivity index (χ1n) is 4.63. The van der Waals surface area contributed by atoms with Gasteiger partial charge in [-0.2, -0.15) is 5.10 Å². The van der Waals surface area contributed by atoms with Crippen molar-refractivity contribution >= 4 is 22.0 Å². The molecule has 0 saturated carbocycles. The van der Waals surface area contributed by atoms with Crippen LogP contribution in [-0.4, -0.2) is 15.9 Å². The topological polar surface area (TPSA) is 47.2 Å². The van der Waals surface area contributed by atoms with Crippen LogP contribution in [0.2, 0.25) is 0 Å². The molecule has 80 valence electrons. The van der Waals surface area contributed by atoms with Crippen LogP contribution in [0.5, 0.6) is 0 Å². The summed E-state index contributed by atoms with van der Waals surface area (Å²) in [6.45, 7) is 0.368. The molecule has 4 nitrogen and oxygen atoms in total. The Morgan fingerprint density at radius 1 is 1.38 bits per heavy atom. The van der Waals surface area contributed by atoms with Crippen molar-refractivity contribution in [3.8, 4) is 5.69 Å². The molecule has 0 aliphatic carbocycles. The van der Waals surface area contributed by atoms with E-state index in [1.54, 1.807) is 10.9 Å². The van der Waals surface area contributed by atoms with E-state index >= 15 is 0 Å². The number of aromatic nitrogens is 2. The maximum atomic E-state index is 9.96. The van der Waals surface area contributed by atoms with E-state index in [4.69, 9.17) is 0 Å². The van der Waals surface area contributed by atoms with Gasteiger partial charge in [-0.25, -0.2) is 14.5 Å². The lowest BCUT2D eigenvalue weighted by Gasteiger charge is -2.01. The van der Waals surface area contributed by atoms with Crippen LogP contribution in [-0.2, 0) is 11.3 Å². The summed E-state index contributed by atoms with van der Waals surface area (Å²) in [5, 5.41) is 4.16. The van der Waals surface area contributed by atoms with E-state index in [1.165, 1.54) is 6.08 Å². The van der Waals surface area contributed by atoms with Crippen LogP contribution < -0.4 is 0 Å². The second-order valence-corrected chi connectivity index (χ2v) is 4.09. The fourth-order valence-electron chi connectivity index (χ4n) is 1.32. The maximum absolute atomic E-state index is 9.96. The van der Waals surface area contributed by atoms with Crippen LogP contribution in [0.15, 0.2) is 46.1 Å². The molecule has 16 heavy (non-hydrogen) atoms. The Labute approximate surface area is 101 Å². The molecule has 1 aromatic heterocycles. The largest absolute Gasteiger partial charge is 0.240 e. The van der Waals surface area contributed by atoms with Crippen molar-refractivity contribution in [3.05, 3.63) is 46.7 Å². The molecule has 0 atom stereocenters. The summed E-state index contributed by atoms with van der Waals surface area (Å²) in [4.78, 5) is 13.5. The van der Waals surface area contributed by atoms with Gasteiger partial charge in [-0.15, -0.1) is 0 Å². The molecule has 0 spiro atoms. The zero-order valence-corrected chi connectivity index (χ0v) is 9.89. The average molecular weight is 278 g/mol. The molecule has 1 heterocycles. The lowest BCUT2D eigenvalue weighted by molar-refractivity contribution is 0.563. The zero-order chi connectivity index (χ0) is 11.4. The number of hydrogen-bond acceptors (Lipinski definition) is 3. The molecule has 5 heteroatoms. The van der Waals surface area contributed by atoms with E-state index in [9.17, 15) is 4.79 Å². The van der Waals surface area contributed by atoms with Gasteiger partial charge < -0.3 is 0 Å². The Bertz CT molecular complexity index is 526. The van der Waals surface area contributed by atoms with Crippen molar-refractivity contribution in [1.29, 1.82) is 0 Å². The summed E-state index contributed by atoms with van der Waals surface area (Å²) < 4.78 is 2.69. The normalized spacial score (nSPS) is 9.81. The fourth-order valence-corrected chi connectivity index (χ4v) is 1.61. The van der Waals surface area contributed by atoms with Gasteiger partial charge in [-0.05, 0) is 33.6 Å². The van der Waals surface area contributed by atoms with Crippen molar-refractivity contribution < 1.29 is 4.79 Å². The molecule has 0 N–H and O–H groups in total. The molecule has 0 bridgehead atoms. The minimum atomic E-state index is 0.368. The van der Waals surface area contributed by atoms with Gasteiger partial charge in [-0.3, -0.25) is 0 Å². The van der Waals surface area contributed by atoms with Gasteiger partial charge in [0.1, 0.15) is 0 Å². The minimum absolute atomic E-state index is 0.368. The van der Waals surface area contributed by atoms with Crippen molar-refractivity contribution in [3.63, 3.8) is 0 Å². The predicted molar refractivity (Wildman–Crippen MR) is 63.1 cm³/mol. The Kier molecular flexibility index (Phi) is 3.29. The standard InChI is InChI=1S/C11H8BrN3O/c12-10-6-14-15(7-10)11-3-1-9(2-4-11)5-13-8-16/h1-4,6-7H,5H2. The van der Waals surface area contributed by atoms with E-state index in [0.29, 0.717) is 6.54 Å². The number of carbonyl (C=O) groups excluding carboxylic acids is 1. The Morgan fingerprint density at radius 2 is 2.12 bits per heavy atom. The number of isocyanates is 1. The van der Waals surface area contributed by atoms with Gasteiger partial charge in [-0.1, -0.05) is 12.1 Å². The second-order valence-electron chi connectivity index (χ2n) is 3.18. The fraction of sp³-hybridized carbons (Fsp3) is 0.0909. The van der Waals surface area contributed by atoms with E-state index in [0.717, 1.165) is 15.7 Å². The molecule has 2 aromatic rings. The third-order valence-corrected chi connectivity index (χ3v) is 2.49. The second kappa shape index (κ2) is 4.88. The van der Waals surface area contributed by atoms with Crippen molar-refractivity contribution in [2.45, 2.75) is 6.54 Å². The van der Waals surface area contributed by atoms with E-state index in [1.807, 2.05) is 30.5 Å². The summed E-state index contributed by atoms with van der Waals surface area (Å²) >= 11 is 3.34. The number of halogens is 1. The van der Waals surface area contributed by atoms with Gasteiger partial charge >= 0.3 is 0 Å². The number of rotatable bonds is 3. The van der Waals surface area contributed by atoms with Crippen LogP contribution >= 0.6 is 15.9 Å². The average Bonchev–Trinajstić information content (AvgIpc) is 2.74. The minimum Gasteiger partial charge on any atom is -0.240 e. The van der Waals surface area contributed by atoms with E-state index < -0.39 is 0 Å². The van der Waals surface area contributed by atoms with Crippen LogP contribution in [0.4, 0.5) is 0 Å². The van der Waals surface area contributed by atoms with Gasteiger partial charge in [0.15, 0.2) is 0 Å². The van der Waals surface area contributed by atoms with Crippen LogP contribution in [0.3, 0.4) is 0 Å². The molecule has 0 fully saturated rings. The van der Waals surface area contributed by atoms with Gasteiger partial charge in [0, 0.05) is 6.20 Å². The molecule has 0 amide bonds. The summed E-state index contributed by atoms with van der Waals surface area (Å²) in [6.07, 6.45) is 5.12. The van der Waals surface area contributed by atoms with E-state index in [-0.39, 0.29) is 0 Å². The zero-order valence-electron chi connectivity index (χ0n) is 8.30. The predicted octanol–water partition coefficient (Wildman–Crippen LogP) is 2.47. The Morgan fingerprint density at radius 3 is 2.69 bits per heavy atom. The summed E-state index contributed by atoms with van der Waals surface area (Å²) in [6, 6.07) is 7.67. The van der Waals surface area contributed by atoms with Crippen LogP contribution in [0, 0.1) is 0 Å². The lowest BCUT2D eigenvalue weighted by Crippen LogP contribution is -1.94. The first-order valence-corrected chi connectivity index (χ1v) is 5.42. The molecule has 2 rings (SSSR count). The lowest BCUT2D eigenvalue weighted by atomic mass is 10.2. The summed E-state index contributed by atoms with van der Waals surface area (Å²) in [7, 11) is 0. The highest BCUT2D eigenvalue weighted by atomic mass is 79.9. The molecule has 0 aliphatic rings. The first kappa shape index (κ1) is 10.8. The van der Waals surface area contributed by atoms with Gasteiger partial charge in [0.05, 0.1) is 22.9 Å². The van der Waals surface area contributed by atoms with Gasteiger partial charge in [0.2, 0.25) is 6.08 Å². The molecule has 1 aromatic carbocycles. The molecular formula is C11H8BrN3O. The highest BCUT2D eigenvalue weighted by Gasteiger charge is 1.98. The summed E-state index contributed by atoms with van der Waals surface area (Å²) in [5.74, 6) is 0. The third-order valence-electron chi connectivity index (χ3n) is 2.08. The van der Waals surface area contributed by atoms with Crippen molar-refractivity contribution in [2.24, 2.45) is 4.99 Å². The maximum Gasteiger partial charge on any atom is 0.235 e. The van der Waals surface area contributed by atoms with Crippen LogP contribution in [0.1, 0.15) is 5.56 Å². The highest BCUT2D eigenvalue weighted by molar-refractivity contribution is 9.10. The number of benzene rings is 1. The molecule has 0 saturated heterocycles. The quantitative estimate of drug-likeness (QED) is 0.639. The molecule has 0 aliphatic heterocycles. The van der Waals surface area contributed by atoms with Gasteiger partial charge in [0.25, 0.3) is 0 Å². The molecule has 0 radical (unpaired) electrons. The summed E-state index contributed by atoms with van der Waals surface area (Å²) in [5.41, 5.74) is 1.93. The number of aliphatic imine (C=N–C) groups is 1. The third kappa shape index (κ3) is 2.45. The highest BCUT2D eigenvalue weighted by Crippen LogP contribution is 2.13. The van der Waals surface area contributed by atoms with E-state index in [2.05, 4.69) is 26.0 Å². The monoisotopic (exact) mass is 277 g/mol. The number of nitrogens with zero attached hydrogens (tertiary/aromatic N) is 3. The molecular weight excluding hydrogens is 270 g/mol. The smallest absolute Gasteiger partial charge is 0.235 e. The first-order chi connectivity index (χ1) is 7.79. The SMILES string of the molecule is O=C=NCc1ccc(-n2cc(Br)cn2)cc1.